The second-order valence-electron chi connectivity index (χ2n) is 1.86. The van der Waals surface area contributed by atoms with Crippen molar-refractivity contribution in [3.63, 3.8) is 0 Å². The van der Waals surface area contributed by atoms with Crippen molar-refractivity contribution in [3.8, 4) is 5.75 Å². The number of rotatable bonds is 2. The van der Waals surface area contributed by atoms with Gasteiger partial charge in [-0.2, -0.15) is 0 Å². The van der Waals surface area contributed by atoms with Crippen LogP contribution in [-0.2, 0) is 0 Å². The highest BCUT2D eigenvalue weighted by Crippen LogP contribution is 2.22. The molecular weight excluding hydrogens is 172 g/mol. The number of halogens is 1. The molecule has 0 aliphatic carbocycles. The highest BCUT2D eigenvalue weighted by atomic mass is 35.5. The number of hydrogen-bond donors (Lipinski definition) is 0. The van der Waals surface area contributed by atoms with Gasteiger partial charge in [-0.25, -0.2) is 0 Å². The molecule has 1 aromatic rings. The maximum Gasteiger partial charge on any atom is 0.137 e. The van der Waals surface area contributed by atoms with Crippen molar-refractivity contribution in [2.75, 3.05) is 6.61 Å². The van der Waals surface area contributed by atoms with E-state index in [1.165, 1.54) is 0 Å². The Bertz CT molecular complexity index is 211. The lowest BCUT2D eigenvalue weighted by molar-refractivity contribution is 0.340. The first-order chi connectivity index (χ1) is 5.84. The van der Waals surface area contributed by atoms with E-state index >= 15 is 0 Å². The van der Waals surface area contributed by atoms with Gasteiger partial charge in [-0.1, -0.05) is 37.6 Å². The minimum absolute atomic E-state index is 0.656. The van der Waals surface area contributed by atoms with Gasteiger partial charge in [0.2, 0.25) is 0 Å². The number of hydrogen-bond acceptors (Lipinski definition) is 1. The summed E-state index contributed by atoms with van der Waals surface area (Å²) < 4.78 is 5.20. The van der Waals surface area contributed by atoms with Gasteiger partial charge < -0.3 is 4.74 Å². The molecule has 0 spiro atoms. The molecule has 0 saturated carbocycles. The molecule has 1 nitrogen and oxygen atoms in total. The standard InChI is InChI=1S/C8H9ClO.C2H6/c1-2-10-8-6-4-3-5-7(8)9;1-2/h3-6H,2H2,1H3;1-2H3. The molecule has 1 aromatic carbocycles. The summed E-state index contributed by atoms with van der Waals surface area (Å²) in [5.74, 6) is 0.756. The van der Waals surface area contributed by atoms with Crippen molar-refractivity contribution in [2.24, 2.45) is 0 Å². The van der Waals surface area contributed by atoms with Gasteiger partial charge in [0.1, 0.15) is 5.75 Å². The molecule has 0 atom stereocenters. The molecule has 0 saturated heterocycles. The van der Waals surface area contributed by atoms with Crippen LogP contribution in [-0.4, -0.2) is 6.61 Å². The van der Waals surface area contributed by atoms with Crippen LogP contribution in [0.4, 0.5) is 0 Å². The fourth-order valence-electron chi connectivity index (χ4n) is 0.717. The second kappa shape index (κ2) is 6.99. The van der Waals surface area contributed by atoms with Crippen LogP contribution in [0.3, 0.4) is 0 Å². The Morgan fingerprint density at radius 1 is 1.25 bits per heavy atom. The molecule has 0 N–H and O–H groups in total. The monoisotopic (exact) mass is 186 g/mol. The Hall–Kier alpha value is -0.690. The summed E-state index contributed by atoms with van der Waals surface area (Å²) in [5.41, 5.74) is 0. The van der Waals surface area contributed by atoms with Gasteiger partial charge in [0.05, 0.1) is 11.6 Å². The molecule has 0 aliphatic rings. The predicted molar refractivity (Wildman–Crippen MR) is 54.0 cm³/mol. The lowest BCUT2D eigenvalue weighted by atomic mass is 10.3. The molecular formula is C10H15ClO. The van der Waals surface area contributed by atoms with Crippen molar-refractivity contribution >= 4 is 11.6 Å². The Morgan fingerprint density at radius 2 is 1.83 bits per heavy atom. The molecule has 0 heterocycles. The molecule has 0 radical (unpaired) electrons. The summed E-state index contributed by atoms with van der Waals surface area (Å²) in [5, 5.41) is 0.671. The largest absolute Gasteiger partial charge is 0.492 e. The van der Waals surface area contributed by atoms with Crippen molar-refractivity contribution in [2.45, 2.75) is 20.8 Å². The van der Waals surface area contributed by atoms with Gasteiger partial charge >= 0.3 is 0 Å². The molecule has 0 aromatic heterocycles. The minimum Gasteiger partial charge on any atom is -0.492 e. The van der Waals surface area contributed by atoms with E-state index in [-0.39, 0.29) is 0 Å². The van der Waals surface area contributed by atoms with Gasteiger partial charge in [0, 0.05) is 0 Å². The van der Waals surface area contributed by atoms with E-state index in [9.17, 15) is 0 Å². The average Bonchev–Trinajstić information content (AvgIpc) is 2.13. The topological polar surface area (TPSA) is 9.23 Å². The van der Waals surface area contributed by atoms with Gasteiger partial charge in [-0.15, -0.1) is 0 Å². The van der Waals surface area contributed by atoms with E-state index in [1.807, 2.05) is 45.0 Å². The van der Waals surface area contributed by atoms with Crippen molar-refractivity contribution in [3.05, 3.63) is 29.3 Å². The molecule has 12 heavy (non-hydrogen) atoms. The third kappa shape index (κ3) is 3.63. The van der Waals surface area contributed by atoms with Gasteiger partial charge in [-0.3, -0.25) is 0 Å². The van der Waals surface area contributed by atoms with Gasteiger partial charge in [0.25, 0.3) is 0 Å². The predicted octanol–water partition coefficient (Wildman–Crippen LogP) is 3.76. The van der Waals surface area contributed by atoms with Crippen LogP contribution in [0.5, 0.6) is 5.75 Å². The van der Waals surface area contributed by atoms with Crippen LogP contribution in [0, 0.1) is 0 Å². The maximum atomic E-state index is 5.78. The van der Waals surface area contributed by atoms with Crippen LogP contribution in [0.2, 0.25) is 5.02 Å². The number of benzene rings is 1. The molecule has 0 amide bonds. The van der Waals surface area contributed by atoms with Gasteiger partial charge in [0.15, 0.2) is 0 Å². The highest BCUT2D eigenvalue weighted by molar-refractivity contribution is 6.32. The van der Waals surface area contributed by atoms with E-state index in [0.29, 0.717) is 11.6 Å². The quantitative estimate of drug-likeness (QED) is 0.684. The van der Waals surface area contributed by atoms with Crippen molar-refractivity contribution in [1.29, 1.82) is 0 Å². The number of ether oxygens (including phenoxy) is 1. The lowest BCUT2D eigenvalue weighted by Gasteiger charge is -2.02. The number of para-hydroxylation sites is 1. The SMILES string of the molecule is CC.CCOc1ccccc1Cl. The van der Waals surface area contributed by atoms with Crippen molar-refractivity contribution < 1.29 is 4.74 Å². The Kier molecular flexibility index (Phi) is 6.58. The molecule has 0 bridgehead atoms. The zero-order valence-corrected chi connectivity index (χ0v) is 8.56. The Labute approximate surface area is 79.3 Å². The Morgan fingerprint density at radius 3 is 2.33 bits per heavy atom. The first-order valence-corrected chi connectivity index (χ1v) is 4.59. The van der Waals surface area contributed by atoms with Crippen molar-refractivity contribution in [1.82, 2.24) is 0 Å². The van der Waals surface area contributed by atoms with Gasteiger partial charge in [-0.05, 0) is 19.1 Å². The molecule has 2 heteroatoms. The summed E-state index contributed by atoms with van der Waals surface area (Å²) >= 11 is 5.78. The highest BCUT2D eigenvalue weighted by Gasteiger charge is 1.95. The van der Waals surface area contributed by atoms with E-state index in [0.717, 1.165) is 5.75 Å². The van der Waals surface area contributed by atoms with Crippen LogP contribution in [0.15, 0.2) is 24.3 Å². The summed E-state index contributed by atoms with van der Waals surface area (Å²) in [6.07, 6.45) is 0. The Balaban J connectivity index is 0.000000561. The zero-order valence-electron chi connectivity index (χ0n) is 7.80. The normalized spacial score (nSPS) is 8.33. The third-order valence-corrected chi connectivity index (χ3v) is 1.45. The van der Waals surface area contributed by atoms with Crippen LogP contribution < -0.4 is 4.74 Å². The van der Waals surface area contributed by atoms with E-state index in [4.69, 9.17) is 16.3 Å². The molecule has 0 unspecified atom stereocenters. The lowest BCUT2D eigenvalue weighted by Crippen LogP contribution is -1.90. The summed E-state index contributed by atoms with van der Waals surface area (Å²) in [7, 11) is 0. The van der Waals surface area contributed by atoms with E-state index < -0.39 is 0 Å². The molecule has 0 fully saturated rings. The summed E-state index contributed by atoms with van der Waals surface area (Å²) in [4.78, 5) is 0. The molecule has 68 valence electrons. The zero-order chi connectivity index (χ0) is 9.40. The first kappa shape index (κ1) is 11.3. The third-order valence-electron chi connectivity index (χ3n) is 1.14. The van der Waals surface area contributed by atoms with E-state index in [1.54, 1.807) is 0 Å². The summed E-state index contributed by atoms with van der Waals surface area (Å²) in [6.45, 7) is 6.59. The van der Waals surface area contributed by atoms with Crippen LogP contribution in [0.25, 0.3) is 0 Å². The summed E-state index contributed by atoms with van der Waals surface area (Å²) in [6, 6.07) is 7.44. The van der Waals surface area contributed by atoms with E-state index in [2.05, 4.69) is 0 Å². The first-order valence-electron chi connectivity index (χ1n) is 4.22. The fourth-order valence-corrected chi connectivity index (χ4v) is 0.908. The maximum absolute atomic E-state index is 5.78. The molecule has 1 rings (SSSR count). The average molecular weight is 187 g/mol. The molecule has 0 aliphatic heterocycles. The van der Waals surface area contributed by atoms with Crippen LogP contribution in [0.1, 0.15) is 20.8 Å². The minimum atomic E-state index is 0.656. The fraction of sp³-hybridized carbons (Fsp3) is 0.400. The van der Waals surface area contributed by atoms with Crippen LogP contribution >= 0.6 is 11.6 Å². The smallest absolute Gasteiger partial charge is 0.137 e. The second-order valence-corrected chi connectivity index (χ2v) is 2.27.